The minimum absolute atomic E-state index is 0.308. The summed E-state index contributed by atoms with van der Waals surface area (Å²) in [5.74, 6) is 2.36. The standard InChI is InChI=1S/C18H36N2/c1-14(2)10-12-20(16-8-9-16)18(13-19)11-6-5-7-17(18)15(3)4/h14-17H,5-13,19H2,1-4H3. The first-order chi connectivity index (χ1) is 9.51. The van der Waals surface area contributed by atoms with Crippen molar-refractivity contribution in [2.24, 2.45) is 23.5 Å². The second-order valence-corrected chi connectivity index (χ2v) is 8.01. The highest BCUT2D eigenvalue weighted by Crippen LogP contribution is 2.46. The Hall–Kier alpha value is -0.0800. The lowest BCUT2D eigenvalue weighted by atomic mass is 9.66. The highest BCUT2D eigenvalue weighted by atomic mass is 15.3. The zero-order valence-electron chi connectivity index (χ0n) is 14.2. The minimum Gasteiger partial charge on any atom is -0.329 e. The van der Waals surface area contributed by atoms with E-state index in [-0.39, 0.29) is 0 Å². The van der Waals surface area contributed by atoms with Crippen molar-refractivity contribution in [3.8, 4) is 0 Å². The van der Waals surface area contributed by atoms with Gasteiger partial charge in [-0.15, -0.1) is 0 Å². The van der Waals surface area contributed by atoms with Gasteiger partial charge in [0, 0.05) is 18.1 Å². The average Bonchev–Trinajstić information content (AvgIpc) is 3.23. The van der Waals surface area contributed by atoms with Crippen molar-refractivity contribution in [1.29, 1.82) is 0 Å². The van der Waals surface area contributed by atoms with Crippen LogP contribution in [0.4, 0.5) is 0 Å². The molecule has 2 heteroatoms. The van der Waals surface area contributed by atoms with Crippen molar-refractivity contribution < 1.29 is 0 Å². The van der Waals surface area contributed by atoms with E-state index in [1.54, 1.807) is 0 Å². The number of rotatable bonds is 7. The molecule has 0 aliphatic heterocycles. The maximum Gasteiger partial charge on any atom is 0.0365 e. The summed E-state index contributed by atoms with van der Waals surface area (Å²) in [7, 11) is 0. The van der Waals surface area contributed by atoms with E-state index < -0.39 is 0 Å². The van der Waals surface area contributed by atoms with Gasteiger partial charge >= 0.3 is 0 Å². The molecule has 2 unspecified atom stereocenters. The maximum atomic E-state index is 6.40. The van der Waals surface area contributed by atoms with Gasteiger partial charge in [0.25, 0.3) is 0 Å². The van der Waals surface area contributed by atoms with Crippen LogP contribution in [0.5, 0.6) is 0 Å². The van der Waals surface area contributed by atoms with Crippen molar-refractivity contribution in [1.82, 2.24) is 4.90 Å². The van der Waals surface area contributed by atoms with Crippen molar-refractivity contribution in [2.75, 3.05) is 13.1 Å². The van der Waals surface area contributed by atoms with E-state index in [2.05, 4.69) is 32.6 Å². The Morgan fingerprint density at radius 3 is 2.30 bits per heavy atom. The van der Waals surface area contributed by atoms with Crippen LogP contribution in [0.25, 0.3) is 0 Å². The van der Waals surface area contributed by atoms with Gasteiger partial charge in [-0.25, -0.2) is 0 Å². The van der Waals surface area contributed by atoms with E-state index in [1.165, 1.54) is 51.5 Å². The Bertz CT molecular complexity index is 296. The van der Waals surface area contributed by atoms with Gasteiger partial charge in [0.15, 0.2) is 0 Å². The molecule has 0 amide bonds. The minimum atomic E-state index is 0.308. The molecule has 2 atom stereocenters. The molecular weight excluding hydrogens is 244 g/mol. The fourth-order valence-electron chi connectivity index (χ4n) is 4.48. The molecule has 0 aromatic heterocycles. The van der Waals surface area contributed by atoms with Gasteiger partial charge in [0.2, 0.25) is 0 Å². The van der Waals surface area contributed by atoms with Crippen LogP contribution in [-0.4, -0.2) is 29.6 Å². The molecule has 2 fully saturated rings. The fourth-order valence-corrected chi connectivity index (χ4v) is 4.48. The lowest BCUT2D eigenvalue weighted by Crippen LogP contribution is -2.62. The van der Waals surface area contributed by atoms with E-state index in [0.29, 0.717) is 5.54 Å². The van der Waals surface area contributed by atoms with Gasteiger partial charge in [-0.1, -0.05) is 40.5 Å². The molecule has 0 radical (unpaired) electrons. The van der Waals surface area contributed by atoms with Crippen LogP contribution < -0.4 is 5.73 Å². The molecule has 2 N–H and O–H groups in total. The fraction of sp³-hybridized carbons (Fsp3) is 1.00. The van der Waals surface area contributed by atoms with Gasteiger partial charge in [-0.2, -0.15) is 0 Å². The molecule has 0 heterocycles. The molecule has 118 valence electrons. The predicted molar refractivity (Wildman–Crippen MR) is 87.8 cm³/mol. The van der Waals surface area contributed by atoms with Crippen LogP contribution in [0.1, 0.15) is 72.6 Å². The van der Waals surface area contributed by atoms with Gasteiger partial charge in [-0.05, 0) is 56.4 Å². The van der Waals surface area contributed by atoms with Crippen molar-refractivity contribution in [3.05, 3.63) is 0 Å². The second kappa shape index (κ2) is 6.79. The van der Waals surface area contributed by atoms with Crippen molar-refractivity contribution >= 4 is 0 Å². The van der Waals surface area contributed by atoms with E-state index in [4.69, 9.17) is 5.73 Å². The van der Waals surface area contributed by atoms with Crippen molar-refractivity contribution in [2.45, 2.75) is 84.2 Å². The van der Waals surface area contributed by atoms with Crippen LogP contribution in [-0.2, 0) is 0 Å². The van der Waals surface area contributed by atoms with Crippen LogP contribution in [0.2, 0.25) is 0 Å². The molecule has 0 spiro atoms. The quantitative estimate of drug-likeness (QED) is 0.762. The lowest BCUT2D eigenvalue weighted by molar-refractivity contribution is -0.0222. The normalized spacial score (nSPS) is 31.5. The van der Waals surface area contributed by atoms with Crippen molar-refractivity contribution in [3.63, 3.8) is 0 Å². The maximum absolute atomic E-state index is 6.40. The van der Waals surface area contributed by atoms with Gasteiger partial charge in [-0.3, -0.25) is 4.90 Å². The molecule has 2 rings (SSSR count). The number of nitrogens with zero attached hydrogens (tertiary/aromatic N) is 1. The Kier molecular flexibility index (Phi) is 5.53. The third kappa shape index (κ3) is 3.39. The van der Waals surface area contributed by atoms with Crippen LogP contribution in [0.15, 0.2) is 0 Å². The second-order valence-electron chi connectivity index (χ2n) is 8.01. The van der Waals surface area contributed by atoms with Crippen LogP contribution in [0, 0.1) is 17.8 Å². The molecule has 0 bridgehead atoms. The first-order valence-corrected chi connectivity index (χ1v) is 8.98. The Balaban J connectivity index is 2.19. The molecule has 20 heavy (non-hydrogen) atoms. The first-order valence-electron chi connectivity index (χ1n) is 8.98. The van der Waals surface area contributed by atoms with Crippen LogP contribution in [0.3, 0.4) is 0 Å². The van der Waals surface area contributed by atoms with Gasteiger partial charge < -0.3 is 5.73 Å². The molecule has 0 aromatic rings. The summed E-state index contributed by atoms with van der Waals surface area (Å²) in [6.45, 7) is 11.6. The molecule has 2 aliphatic carbocycles. The van der Waals surface area contributed by atoms with Gasteiger partial charge in [0.05, 0.1) is 0 Å². The summed E-state index contributed by atoms with van der Waals surface area (Å²) in [5, 5.41) is 0. The number of nitrogens with two attached hydrogens (primary N) is 1. The largest absolute Gasteiger partial charge is 0.329 e. The number of hydrogen-bond donors (Lipinski definition) is 1. The monoisotopic (exact) mass is 280 g/mol. The predicted octanol–water partition coefficient (Wildman–Crippen LogP) is 4.04. The van der Waals surface area contributed by atoms with Crippen LogP contribution >= 0.6 is 0 Å². The zero-order chi connectivity index (χ0) is 14.8. The molecule has 2 aliphatic rings. The van der Waals surface area contributed by atoms with E-state index in [1.807, 2.05) is 0 Å². The Morgan fingerprint density at radius 1 is 1.10 bits per heavy atom. The smallest absolute Gasteiger partial charge is 0.0365 e. The third-order valence-electron chi connectivity index (χ3n) is 5.73. The molecule has 0 saturated heterocycles. The summed E-state index contributed by atoms with van der Waals surface area (Å²) < 4.78 is 0. The van der Waals surface area contributed by atoms with Gasteiger partial charge in [0.1, 0.15) is 0 Å². The van der Waals surface area contributed by atoms with E-state index >= 15 is 0 Å². The average molecular weight is 280 g/mol. The highest BCUT2D eigenvalue weighted by molar-refractivity contribution is 5.05. The lowest BCUT2D eigenvalue weighted by Gasteiger charge is -2.53. The molecular formula is C18H36N2. The summed E-state index contributed by atoms with van der Waals surface area (Å²) in [6, 6.07) is 0.844. The topological polar surface area (TPSA) is 29.3 Å². The Labute approximate surface area is 126 Å². The highest BCUT2D eigenvalue weighted by Gasteiger charge is 2.49. The zero-order valence-corrected chi connectivity index (χ0v) is 14.2. The Morgan fingerprint density at radius 2 is 1.80 bits per heavy atom. The molecule has 2 saturated carbocycles. The first kappa shape index (κ1) is 16.3. The molecule has 2 nitrogen and oxygen atoms in total. The van der Waals surface area contributed by atoms with E-state index in [9.17, 15) is 0 Å². The summed E-state index contributed by atoms with van der Waals surface area (Å²) in [5.41, 5.74) is 6.71. The third-order valence-corrected chi connectivity index (χ3v) is 5.73. The summed E-state index contributed by atoms with van der Waals surface area (Å²) >= 11 is 0. The molecule has 0 aromatic carbocycles. The summed E-state index contributed by atoms with van der Waals surface area (Å²) in [4.78, 5) is 2.87. The van der Waals surface area contributed by atoms with E-state index in [0.717, 1.165) is 30.3 Å². The summed E-state index contributed by atoms with van der Waals surface area (Å²) in [6.07, 6.45) is 9.65. The SMILES string of the molecule is CC(C)CCN(C1CC1)C1(CN)CCCCC1C(C)C. The number of hydrogen-bond acceptors (Lipinski definition) is 2.